The standard InChI is InChI=1S/C17H15F3N2O3/c18-17(19,20)13-5-1-3-11(7-13)9-22-16(24)12-4-2-6-14(8-12)25-10-15(21)23/h1-8H,9-10H2,(H2,21,23)(H,22,24). The Labute approximate surface area is 141 Å². The number of nitrogens with two attached hydrogens (primary N) is 1. The first-order valence-corrected chi connectivity index (χ1v) is 7.21. The molecule has 0 aliphatic rings. The molecule has 0 spiro atoms. The first-order chi connectivity index (χ1) is 11.8. The number of nitrogens with one attached hydrogen (secondary N) is 1. The van der Waals surface area contributed by atoms with Gasteiger partial charge in [-0.15, -0.1) is 0 Å². The van der Waals surface area contributed by atoms with Crippen LogP contribution in [0.25, 0.3) is 0 Å². The van der Waals surface area contributed by atoms with Crippen molar-refractivity contribution in [2.24, 2.45) is 5.73 Å². The van der Waals surface area contributed by atoms with E-state index in [1.54, 1.807) is 12.1 Å². The number of carbonyl (C=O) groups is 2. The number of rotatable bonds is 6. The molecule has 0 saturated heterocycles. The third kappa shape index (κ3) is 5.52. The van der Waals surface area contributed by atoms with Gasteiger partial charge in [0, 0.05) is 12.1 Å². The Morgan fingerprint density at radius 1 is 1.08 bits per heavy atom. The van der Waals surface area contributed by atoms with E-state index in [1.807, 2.05) is 0 Å². The lowest BCUT2D eigenvalue weighted by Gasteiger charge is -2.10. The van der Waals surface area contributed by atoms with Gasteiger partial charge in [0.25, 0.3) is 11.8 Å². The molecular formula is C17H15F3N2O3. The molecule has 0 fully saturated rings. The molecule has 5 nitrogen and oxygen atoms in total. The average molecular weight is 352 g/mol. The van der Waals surface area contributed by atoms with Gasteiger partial charge in [-0.2, -0.15) is 13.2 Å². The first kappa shape index (κ1) is 18.3. The first-order valence-electron chi connectivity index (χ1n) is 7.21. The van der Waals surface area contributed by atoms with Gasteiger partial charge in [-0.05, 0) is 35.9 Å². The number of benzene rings is 2. The van der Waals surface area contributed by atoms with E-state index in [0.717, 1.165) is 12.1 Å². The molecule has 0 aliphatic heterocycles. The Kier molecular flexibility index (Phi) is 5.63. The molecule has 0 unspecified atom stereocenters. The third-order valence-corrected chi connectivity index (χ3v) is 3.18. The average Bonchev–Trinajstić information content (AvgIpc) is 2.57. The van der Waals surface area contributed by atoms with E-state index >= 15 is 0 Å². The molecule has 3 N–H and O–H groups in total. The number of hydrogen-bond donors (Lipinski definition) is 2. The lowest BCUT2D eigenvalue weighted by atomic mass is 10.1. The molecule has 0 aliphatic carbocycles. The van der Waals surface area contributed by atoms with Crippen LogP contribution in [-0.2, 0) is 17.5 Å². The van der Waals surface area contributed by atoms with Crippen molar-refractivity contribution < 1.29 is 27.5 Å². The summed E-state index contributed by atoms with van der Waals surface area (Å²) in [5.74, 6) is -0.855. The quantitative estimate of drug-likeness (QED) is 0.838. The summed E-state index contributed by atoms with van der Waals surface area (Å²) in [6, 6.07) is 10.7. The molecule has 0 heterocycles. The summed E-state index contributed by atoms with van der Waals surface area (Å²) in [5.41, 5.74) is 4.76. The molecule has 0 saturated carbocycles. The number of hydrogen-bond acceptors (Lipinski definition) is 3. The summed E-state index contributed by atoms with van der Waals surface area (Å²) in [4.78, 5) is 22.8. The van der Waals surface area contributed by atoms with Crippen molar-refractivity contribution in [2.45, 2.75) is 12.7 Å². The van der Waals surface area contributed by atoms with Gasteiger partial charge in [0.1, 0.15) is 5.75 Å². The highest BCUT2D eigenvalue weighted by Crippen LogP contribution is 2.29. The molecule has 0 bridgehead atoms. The van der Waals surface area contributed by atoms with Crippen LogP contribution in [-0.4, -0.2) is 18.4 Å². The van der Waals surface area contributed by atoms with Gasteiger partial charge in [-0.25, -0.2) is 0 Å². The van der Waals surface area contributed by atoms with E-state index in [0.29, 0.717) is 5.56 Å². The van der Waals surface area contributed by atoms with Gasteiger partial charge in [-0.1, -0.05) is 18.2 Å². The number of ether oxygens (including phenoxy) is 1. The Morgan fingerprint density at radius 2 is 1.80 bits per heavy atom. The molecule has 132 valence electrons. The van der Waals surface area contributed by atoms with Crippen LogP contribution < -0.4 is 15.8 Å². The SMILES string of the molecule is NC(=O)COc1cccc(C(=O)NCc2cccc(C(F)(F)F)c2)c1. The topological polar surface area (TPSA) is 81.4 Å². The molecule has 0 atom stereocenters. The van der Waals surface area contributed by atoms with Crippen LogP contribution in [0.2, 0.25) is 0 Å². The van der Waals surface area contributed by atoms with Gasteiger partial charge < -0.3 is 15.8 Å². The molecule has 0 radical (unpaired) electrons. The van der Waals surface area contributed by atoms with E-state index < -0.39 is 23.6 Å². The fraction of sp³-hybridized carbons (Fsp3) is 0.176. The van der Waals surface area contributed by atoms with Gasteiger partial charge in [0.2, 0.25) is 0 Å². The highest BCUT2D eigenvalue weighted by atomic mass is 19.4. The van der Waals surface area contributed by atoms with Crippen molar-refractivity contribution in [1.82, 2.24) is 5.32 Å². The summed E-state index contributed by atoms with van der Waals surface area (Å²) >= 11 is 0. The summed E-state index contributed by atoms with van der Waals surface area (Å²) in [5, 5.41) is 2.53. The molecule has 2 amide bonds. The van der Waals surface area contributed by atoms with Gasteiger partial charge >= 0.3 is 6.18 Å². The van der Waals surface area contributed by atoms with Crippen LogP contribution in [0.3, 0.4) is 0 Å². The predicted octanol–water partition coefficient (Wildman–Crippen LogP) is 2.50. The lowest BCUT2D eigenvalue weighted by molar-refractivity contribution is -0.137. The Bertz CT molecular complexity index is 776. The summed E-state index contributed by atoms with van der Waals surface area (Å²) < 4.78 is 43.1. The number of halogens is 3. The Morgan fingerprint density at radius 3 is 2.48 bits per heavy atom. The summed E-state index contributed by atoms with van der Waals surface area (Å²) in [6.45, 7) is -0.384. The maximum Gasteiger partial charge on any atom is 0.416 e. The predicted molar refractivity (Wildman–Crippen MR) is 83.7 cm³/mol. The van der Waals surface area contributed by atoms with Crippen molar-refractivity contribution in [2.75, 3.05) is 6.61 Å². The zero-order valence-corrected chi connectivity index (χ0v) is 13.0. The van der Waals surface area contributed by atoms with Gasteiger partial charge in [-0.3, -0.25) is 9.59 Å². The molecular weight excluding hydrogens is 337 g/mol. The monoisotopic (exact) mass is 352 g/mol. The third-order valence-electron chi connectivity index (χ3n) is 3.18. The van der Waals surface area contributed by atoms with Gasteiger partial charge in [0.15, 0.2) is 6.61 Å². The van der Waals surface area contributed by atoms with Crippen LogP contribution in [0.5, 0.6) is 5.75 Å². The van der Waals surface area contributed by atoms with Crippen LogP contribution in [0.15, 0.2) is 48.5 Å². The Balaban J connectivity index is 2.01. The number of alkyl halides is 3. The number of primary amides is 1. The minimum absolute atomic E-state index is 0.0604. The zero-order valence-electron chi connectivity index (χ0n) is 13.0. The maximum absolute atomic E-state index is 12.7. The molecule has 8 heteroatoms. The van der Waals surface area contributed by atoms with Crippen molar-refractivity contribution >= 4 is 11.8 Å². The zero-order chi connectivity index (χ0) is 18.4. The molecule has 2 aromatic rings. The second kappa shape index (κ2) is 7.69. The largest absolute Gasteiger partial charge is 0.484 e. The van der Waals surface area contributed by atoms with Crippen LogP contribution >= 0.6 is 0 Å². The summed E-state index contributed by atoms with van der Waals surface area (Å²) in [7, 11) is 0. The van der Waals surface area contributed by atoms with E-state index in [4.69, 9.17) is 10.5 Å². The molecule has 2 aromatic carbocycles. The minimum atomic E-state index is -4.44. The van der Waals surface area contributed by atoms with E-state index in [1.165, 1.54) is 24.3 Å². The molecule has 0 aromatic heterocycles. The number of carbonyl (C=O) groups excluding carboxylic acids is 2. The van der Waals surface area contributed by atoms with Gasteiger partial charge in [0.05, 0.1) is 5.56 Å². The Hall–Kier alpha value is -3.03. The fourth-order valence-corrected chi connectivity index (χ4v) is 2.02. The molecule has 2 rings (SSSR count). The van der Waals surface area contributed by atoms with E-state index in [2.05, 4.69) is 5.32 Å². The number of amides is 2. The van der Waals surface area contributed by atoms with Crippen LogP contribution in [0.1, 0.15) is 21.5 Å². The van der Waals surface area contributed by atoms with Crippen molar-refractivity contribution in [3.63, 3.8) is 0 Å². The van der Waals surface area contributed by atoms with Crippen LogP contribution in [0.4, 0.5) is 13.2 Å². The highest BCUT2D eigenvalue weighted by Gasteiger charge is 2.30. The van der Waals surface area contributed by atoms with Crippen molar-refractivity contribution in [1.29, 1.82) is 0 Å². The smallest absolute Gasteiger partial charge is 0.416 e. The fourth-order valence-electron chi connectivity index (χ4n) is 2.02. The van der Waals surface area contributed by atoms with E-state index in [-0.39, 0.29) is 24.5 Å². The van der Waals surface area contributed by atoms with Crippen molar-refractivity contribution in [3.05, 3.63) is 65.2 Å². The summed E-state index contributed by atoms with van der Waals surface area (Å²) in [6.07, 6.45) is -4.44. The lowest BCUT2D eigenvalue weighted by Crippen LogP contribution is -2.23. The second-order valence-electron chi connectivity index (χ2n) is 5.16. The van der Waals surface area contributed by atoms with E-state index in [9.17, 15) is 22.8 Å². The second-order valence-corrected chi connectivity index (χ2v) is 5.16. The van der Waals surface area contributed by atoms with Crippen molar-refractivity contribution in [3.8, 4) is 5.75 Å². The molecule has 25 heavy (non-hydrogen) atoms. The maximum atomic E-state index is 12.7. The highest BCUT2D eigenvalue weighted by molar-refractivity contribution is 5.94. The normalized spacial score (nSPS) is 11.0. The van der Waals surface area contributed by atoms with Crippen LogP contribution in [0, 0.1) is 0 Å². The minimum Gasteiger partial charge on any atom is -0.484 e.